The molecule has 2 rings (SSSR count). The van der Waals surface area contributed by atoms with E-state index >= 15 is 0 Å². The van der Waals surface area contributed by atoms with E-state index in [1.807, 2.05) is 25.1 Å². The first-order chi connectivity index (χ1) is 13.0. The van der Waals surface area contributed by atoms with Gasteiger partial charge in [0.15, 0.2) is 0 Å². The van der Waals surface area contributed by atoms with E-state index in [2.05, 4.69) is 63.8 Å². The van der Waals surface area contributed by atoms with E-state index in [0.717, 1.165) is 24.9 Å². The van der Waals surface area contributed by atoms with Crippen LogP contribution in [0.5, 0.6) is 0 Å². The molecule has 1 aromatic heterocycles. The number of hydrogen-bond acceptors (Lipinski definition) is 7. The normalized spacial score (nSPS) is 13.3. The van der Waals surface area contributed by atoms with Crippen LogP contribution in [0.2, 0.25) is 0 Å². The van der Waals surface area contributed by atoms with Crippen molar-refractivity contribution in [3.05, 3.63) is 35.9 Å². The van der Waals surface area contributed by atoms with Crippen LogP contribution in [-0.4, -0.2) is 39.3 Å². The first kappa shape index (κ1) is 20.9. The maximum absolute atomic E-state index is 9.46. The van der Waals surface area contributed by atoms with Crippen molar-refractivity contribution in [1.82, 2.24) is 15.0 Å². The lowest BCUT2D eigenvalue weighted by molar-refractivity contribution is 0.271. The minimum absolute atomic E-state index is 0.0292. The van der Waals surface area contributed by atoms with Gasteiger partial charge >= 0.3 is 0 Å². The molecule has 0 radical (unpaired) electrons. The molecule has 1 aromatic carbocycles. The van der Waals surface area contributed by atoms with E-state index in [1.165, 1.54) is 0 Å². The second-order valence-electron chi connectivity index (χ2n) is 7.12. The molecule has 1 heterocycles. The van der Waals surface area contributed by atoms with Crippen molar-refractivity contribution in [3.63, 3.8) is 0 Å². The third kappa shape index (κ3) is 7.02. The highest BCUT2D eigenvalue weighted by atomic mass is 16.3. The summed E-state index contributed by atoms with van der Waals surface area (Å²) in [6.45, 7) is 9.27. The lowest BCUT2D eigenvalue weighted by Gasteiger charge is -2.18. The molecular weight excluding hydrogens is 340 g/mol. The Hall–Kier alpha value is -2.41. The fraction of sp³-hybridized carbons (Fsp3) is 0.550. The first-order valence-corrected chi connectivity index (χ1v) is 9.70. The third-order valence-electron chi connectivity index (χ3n) is 4.33. The molecule has 0 bridgehead atoms. The van der Waals surface area contributed by atoms with Crippen molar-refractivity contribution in [3.8, 4) is 0 Å². The summed E-state index contributed by atoms with van der Waals surface area (Å²) >= 11 is 0. The van der Waals surface area contributed by atoms with Gasteiger partial charge in [0.05, 0.1) is 18.7 Å². The third-order valence-corrected chi connectivity index (χ3v) is 4.33. The predicted octanol–water partition coefficient (Wildman–Crippen LogP) is 3.69. The van der Waals surface area contributed by atoms with E-state index in [4.69, 9.17) is 0 Å². The Balaban J connectivity index is 2.17. The first-order valence-electron chi connectivity index (χ1n) is 9.70. The number of aliphatic hydroxyl groups excluding tert-OH is 1. The molecule has 4 N–H and O–H groups in total. The number of hydrogen-bond donors (Lipinski definition) is 4. The van der Waals surface area contributed by atoms with Crippen LogP contribution in [0.25, 0.3) is 0 Å². The van der Waals surface area contributed by atoms with Gasteiger partial charge in [0.1, 0.15) is 0 Å². The van der Waals surface area contributed by atoms with Crippen LogP contribution < -0.4 is 16.0 Å². The van der Waals surface area contributed by atoms with Gasteiger partial charge in [-0.15, -0.1) is 0 Å². The van der Waals surface area contributed by atoms with Crippen LogP contribution in [0.1, 0.15) is 52.1 Å². The van der Waals surface area contributed by atoms with Crippen LogP contribution in [0.4, 0.5) is 17.8 Å². The highest BCUT2D eigenvalue weighted by molar-refractivity contribution is 5.44. The quantitative estimate of drug-likeness (QED) is 0.478. The van der Waals surface area contributed by atoms with Gasteiger partial charge in [-0.25, -0.2) is 0 Å². The largest absolute Gasteiger partial charge is 0.394 e. The van der Waals surface area contributed by atoms with Gasteiger partial charge in [0.25, 0.3) is 0 Å². The van der Waals surface area contributed by atoms with Crippen LogP contribution in [0.15, 0.2) is 30.3 Å². The van der Waals surface area contributed by atoms with Gasteiger partial charge in [0.2, 0.25) is 17.8 Å². The molecule has 2 aromatic rings. The number of benzene rings is 1. The maximum Gasteiger partial charge on any atom is 0.229 e. The Bertz CT molecular complexity index is 675. The Morgan fingerprint density at radius 3 is 2.15 bits per heavy atom. The molecule has 0 saturated heterocycles. The summed E-state index contributed by atoms with van der Waals surface area (Å²) in [5, 5.41) is 19.3. The van der Waals surface area contributed by atoms with Crippen LogP contribution >= 0.6 is 0 Å². The topological polar surface area (TPSA) is 95.0 Å². The minimum atomic E-state index is -0.0877. The second kappa shape index (κ2) is 10.7. The Morgan fingerprint density at radius 2 is 1.56 bits per heavy atom. The Morgan fingerprint density at radius 1 is 0.926 bits per heavy atom. The highest BCUT2D eigenvalue weighted by Gasteiger charge is 2.13. The monoisotopic (exact) mass is 372 g/mol. The summed E-state index contributed by atoms with van der Waals surface area (Å²) in [7, 11) is 0. The molecule has 7 nitrogen and oxygen atoms in total. The van der Waals surface area contributed by atoms with Gasteiger partial charge in [-0.05, 0) is 31.2 Å². The summed E-state index contributed by atoms with van der Waals surface area (Å²) in [5.41, 5.74) is 1.16. The Kier molecular flexibility index (Phi) is 8.26. The van der Waals surface area contributed by atoms with Crippen molar-refractivity contribution >= 4 is 17.8 Å². The van der Waals surface area contributed by atoms with Crippen LogP contribution in [0, 0.1) is 5.92 Å². The molecule has 0 aliphatic carbocycles. The fourth-order valence-electron chi connectivity index (χ4n) is 2.53. The molecule has 0 saturated carbocycles. The molecular formula is C20H32N6O. The average molecular weight is 373 g/mol. The SMILES string of the molecule is CC[C@H](CO)Nc1nc(NCCC(C)C)nc(NC(C)c2ccccc2)n1. The van der Waals surface area contributed by atoms with E-state index in [1.54, 1.807) is 0 Å². The fourth-order valence-corrected chi connectivity index (χ4v) is 2.53. The van der Waals surface area contributed by atoms with E-state index in [-0.39, 0.29) is 18.7 Å². The maximum atomic E-state index is 9.46. The van der Waals surface area contributed by atoms with Crippen molar-refractivity contribution in [1.29, 1.82) is 0 Å². The van der Waals surface area contributed by atoms with Crippen molar-refractivity contribution in [2.75, 3.05) is 29.1 Å². The van der Waals surface area contributed by atoms with Gasteiger partial charge in [-0.2, -0.15) is 15.0 Å². The molecule has 0 aliphatic heterocycles. The zero-order valence-corrected chi connectivity index (χ0v) is 16.7. The summed E-state index contributed by atoms with van der Waals surface area (Å²) in [6, 6.07) is 10.1. The molecule has 1 unspecified atom stereocenters. The number of rotatable bonds is 11. The smallest absolute Gasteiger partial charge is 0.229 e. The van der Waals surface area contributed by atoms with Gasteiger partial charge < -0.3 is 21.1 Å². The molecule has 148 valence electrons. The lowest BCUT2D eigenvalue weighted by atomic mass is 10.1. The summed E-state index contributed by atoms with van der Waals surface area (Å²) in [6.07, 6.45) is 1.81. The zero-order valence-electron chi connectivity index (χ0n) is 16.7. The molecule has 0 amide bonds. The van der Waals surface area contributed by atoms with Crippen molar-refractivity contribution < 1.29 is 5.11 Å². The number of nitrogens with one attached hydrogen (secondary N) is 3. The molecule has 0 aliphatic rings. The van der Waals surface area contributed by atoms with Crippen molar-refractivity contribution in [2.24, 2.45) is 5.92 Å². The number of aromatic nitrogens is 3. The van der Waals surface area contributed by atoms with E-state index in [0.29, 0.717) is 23.8 Å². The predicted molar refractivity (Wildman–Crippen MR) is 111 cm³/mol. The summed E-state index contributed by atoms with van der Waals surface area (Å²) in [5.74, 6) is 2.10. The van der Waals surface area contributed by atoms with Crippen LogP contribution in [0.3, 0.4) is 0 Å². The summed E-state index contributed by atoms with van der Waals surface area (Å²) < 4.78 is 0. The summed E-state index contributed by atoms with van der Waals surface area (Å²) in [4.78, 5) is 13.4. The van der Waals surface area contributed by atoms with E-state index < -0.39 is 0 Å². The second-order valence-corrected chi connectivity index (χ2v) is 7.12. The molecule has 0 fully saturated rings. The Labute approximate surface area is 162 Å². The standard InChI is InChI=1S/C20H32N6O/c1-5-17(13-27)23-20-25-18(21-12-11-14(2)3)24-19(26-20)22-15(4)16-9-7-6-8-10-16/h6-10,14-15,17,27H,5,11-13H2,1-4H3,(H3,21,22,23,24,25,26)/t15?,17-/m1/s1. The molecule has 27 heavy (non-hydrogen) atoms. The molecule has 0 spiro atoms. The average Bonchev–Trinajstić information content (AvgIpc) is 2.66. The van der Waals surface area contributed by atoms with Gasteiger partial charge in [-0.1, -0.05) is 51.1 Å². The van der Waals surface area contributed by atoms with Crippen LogP contribution in [-0.2, 0) is 0 Å². The highest BCUT2D eigenvalue weighted by Crippen LogP contribution is 2.18. The number of nitrogens with zero attached hydrogens (tertiary/aromatic N) is 3. The van der Waals surface area contributed by atoms with E-state index in [9.17, 15) is 5.11 Å². The van der Waals surface area contributed by atoms with Gasteiger partial charge in [0, 0.05) is 6.54 Å². The van der Waals surface area contributed by atoms with Crippen molar-refractivity contribution in [2.45, 2.75) is 52.6 Å². The molecule has 7 heteroatoms. The van der Waals surface area contributed by atoms with Gasteiger partial charge in [-0.3, -0.25) is 0 Å². The molecule has 2 atom stereocenters. The number of aliphatic hydroxyl groups is 1. The minimum Gasteiger partial charge on any atom is -0.394 e. The number of anilines is 3. The zero-order chi connectivity index (χ0) is 19.6. The lowest BCUT2D eigenvalue weighted by Crippen LogP contribution is -2.25.